The van der Waals surface area contributed by atoms with Gasteiger partial charge in [0.15, 0.2) is 0 Å². The summed E-state index contributed by atoms with van der Waals surface area (Å²) >= 11 is 0. The first-order chi connectivity index (χ1) is 4.12. The molecule has 4 nitrogen and oxygen atoms in total. The summed E-state index contributed by atoms with van der Waals surface area (Å²) in [6.07, 6.45) is 0. The average molecular weight is 162 g/mol. The van der Waals surface area contributed by atoms with E-state index in [0.717, 1.165) is 0 Å². The number of halogens is 2. The summed E-state index contributed by atoms with van der Waals surface area (Å²) in [5.74, 6) is 0. The molecule has 56 valence electrons. The van der Waals surface area contributed by atoms with Crippen molar-refractivity contribution in [3.8, 4) is 0 Å². The highest BCUT2D eigenvalue weighted by atomic mass is 32.3. The minimum Gasteiger partial charge on any atom is -0.249 e. The zero-order valence-electron chi connectivity index (χ0n) is 4.21. The van der Waals surface area contributed by atoms with Gasteiger partial charge in [-0.3, -0.25) is 0 Å². The van der Waals surface area contributed by atoms with E-state index in [9.17, 15) is 17.3 Å². The normalized spacial score (nSPS) is 11.8. The van der Waals surface area contributed by atoms with E-state index in [1.165, 1.54) is 0 Å². The van der Waals surface area contributed by atoms with Crippen molar-refractivity contribution in [3.63, 3.8) is 0 Å². The second-order valence-electron chi connectivity index (χ2n) is 0.982. The first-order valence-corrected chi connectivity index (χ1v) is 3.21. The number of rotatable bonds is 4. The zero-order valence-corrected chi connectivity index (χ0v) is 5.03. The van der Waals surface area contributed by atoms with Gasteiger partial charge in [0.1, 0.15) is 6.67 Å². The van der Waals surface area contributed by atoms with Crippen LogP contribution in [-0.4, -0.2) is 21.7 Å². The fourth-order valence-corrected chi connectivity index (χ4v) is 0.455. The van der Waals surface area contributed by atoms with Crippen molar-refractivity contribution < 1.29 is 25.9 Å². The van der Waals surface area contributed by atoms with Gasteiger partial charge in [-0.1, -0.05) is 0 Å². The van der Waals surface area contributed by atoms with Gasteiger partial charge in [0, 0.05) is 0 Å². The van der Waals surface area contributed by atoms with E-state index < -0.39 is 23.7 Å². The van der Waals surface area contributed by atoms with Crippen molar-refractivity contribution in [2.24, 2.45) is 0 Å². The van der Waals surface area contributed by atoms with Crippen LogP contribution in [-0.2, 0) is 19.0 Å². The minimum atomic E-state index is -4.59. The van der Waals surface area contributed by atoms with Gasteiger partial charge in [0.25, 0.3) is 0 Å². The van der Waals surface area contributed by atoms with Crippen LogP contribution in [0.5, 0.6) is 0 Å². The Morgan fingerprint density at radius 3 is 2.33 bits per heavy atom. The van der Waals surface area contributed by atoms with E-state index in [2.05, 4.69) is 8.57 Å². The molecule has 0 bridgehead atoms. The minimum absolute atomic E-state index is 0.730. The molecule has 0 atom stereocenters. The standard InChI is InChI=1S/C2H4F2O4S/c3-1-2-7-9(5,6)8-4/h1-2H2. The first kappa shape index (κ1) is 8.73. The van der Waals surface area contributed by atoms with E-state index >= 15 is 0 Å². The van der Waals surface area contributed by atoms with Crippen molar-refractivity contribution in [1.29, 1.82) is 0 Å². The molecule has 0 aliphatic carbocycles. The summed E-state index contributed by atoms with van der Waals surface area (Å²) in [7, 11) is -4.59. The molecular formula is C2H4F2O4S. The predicted octanol–water partition coefficient (Wildman–Crippen LogP) is 0.118. The topological polar surface area (TPSA) is 52.6 Å². The van der Waals surface area contributed by atoms with Crippen LogP contribution in [0.4, 0.5) is 8.92 Å². The summed E-state index contributed by atoms with van der Waals surface area (Å²) in [4.78, 5) is 0. The van der Waals surface area contributed by atoms with E-state index in [-0.39, 0.29) is 0 Å². The van der Waals surface area contributed by atoms with Gasteiger partial charge in [0.2, 0.25) is 0 Å². The van der Waals surface area contributed by atoms with Crippen LogP contribution < -0.4 is 0 Å². The largest absolute Gasteiger partial charge is 0.430 e. The van der Waals surface area contributed by atoms with E-state index in [1.807, 2.05) is 0 Å². The molecule has 0 aromatic carbocycles. The molecule has 0 aliphatic heterocycles. The highest BCUT2D eigenvalue weighted by molar-refractivity contribution is 7.81. The number of hydrogen-bond donors (Lipinski definition) is 0. The van der Waals surface area contributed by atoms with Gasteiger partial charge in [-0.05, 0) is 8.91 Å². The molecule has 0 heterocycles. The Bertz CT molecular complexity index is 152. The van der Waals surface area contributed by atoms with Crippen LogP contribution in [0.15, 0.2) is 0 Å². The summed E-state index contributed by atoms with van der Waals surface area (Å²) < 4.78 is 47.2. The molecule has 0 unspecified atom stereocenters. The molecule has 0 saturated heterocycles. The lowest BCUT2D eigenvalue weighted by atomic mass is 10.9. The second-order valence-corrected chi connectivity index (χ2v) is 2.16. The molecule has 9 heavy (non-hydrogen) atoms. The Balaban J connectivity index is 3.61. The van der Waals surface area contributed by atoms with E-state index in [4.69, 9.17) is 0 Å². The van der Waals surface area contributed by atoms with Crippen LogP contribution in [0.2, 0.25) is 0 Å². The Kier molecular flexibility index (Phi) is 3.59. The molecule has 0 rings (SSSR count). The third kappa shape index (κ3) is 4.25. The van der Waals surface area contributed by atoms with Crippen molar-refractivity contribution in [2.45, 2.75) is 0 Å². The monoisotopic (exact) mass is 162 g/mol. The van der Waals surface area contributed by atoms with Gasteiger partial charge in [0.05, 0.1) is 6.61 Å². The zero-order chi connectivity index (χ0) is 7.33. The lowest BCUT2D eigenvalue weighted by Crippen LogP contribution is -2.07. The SMILES string of the molecule is O=S(=O)(OF)OCCF. The van der Waals surface area contributed by atoms with Gasteiger partial charge >= 0.3 is 10.4 Å². The Hall–Kier alpha value is -0.270. The summed E-state index contributed by atoms with van der Waals surface area (Å²) in [6.45, 7) is -1.74. The summed E-state index contributed by atoms with van der Waals surface area (Å²) in [5, 5.41) is 0. The lowest BCUT2D eigenvalue weighted by Gasteiger charge is -1.93. The molecule has 0 spiro atoms. The average Bonchev–Trinajstić information content (AvgIpc) is 1.84. The van der Waals surface area contributed by atoms with Crippen LogP contribution in [0.3, 0.4) is 0 Å². The summed E-state index contributed by atoms with van der Waals surface area (Å²) in [5.41, 5.74) is 0. The van der Waals surface area contributed by atoms with Gasteiger partial charge in [-0.2, -0.15) is 8.42 Å². The molecule has 0 aromatic heterocycles. The summed E-state index contributed by atoms with van der Waals surface area (Å²) in [6, 6.07) is 0. The van der Waals surface area contributed by atoms with E-state index in [0.29, 0.717) is 0 Å². The third-order valence-electron chi connectivity index (χ3n) is 0.382. The molecule has 0 radical (unpaired) electrons. The maximum atomic E-state index is 11.1. The smallest absolute Gasteiger partial charge is 0.249 e. The second kappa shape index (κ2) is 3.70. The van der Waals surface area contributed by atoms with Crippen LogP contribution in [0.25, 0.3) is 0 Å². The highest BCUT2D eigenvalue weighted by Gasteiger charge is 2.10. The molecule has 0 saturated carbocycles. The van der Waals surface area contributed by atoms with Gasteiger partial charge < -0.3 is 0 Å². The van der Waals surface area contributed by atoms with Crippen LogP contribution in [0, 0.1) is 0 Å². The maximum absolute atomic E-state index is 11.1. The molecule has 0 N–H and O–H groups in total. The van der Waals surface area contributed by atoms with Crippen LogP contribution >= 0.6 is 0 Å². The van der Waals surface area contributed by atoms with Crippen molar-refractivity contribution in [1.82, 2.24) is 0 Å². The predicted molar refractivity (Wildman–Crippen MR) is 23.0 cm³/mol. The number of hydrogen-bond acceptors (Lipinski definition) is 4. The van der Waals surface area contributed by atoms with Gasteiger partial charge in [-0.25, -0.2) is 8.57 Å². The maximum Gasteiger partial charge on any atom is 0.430 e. The Morgan fingerprint density at radius 1 is 1.44 bits per heavy atom. The van der Waals surface area contributed by atoms with Gasteiger partial charge in [-0.15, -0.1) is 0 Å². The Morgan fingerprint density at radius 2 is 2.00 bits per heavy atom. The van der Waals surface area contributed by atoms with E-state index in [1.54, 1.807) is 0 Å². The van der Waals surface area contributed by atoms with Crippen molar-refractivity contribution in [3.05, 3.63) is 0 Å². The molecule has 0 fully saturated rings. The quantitative estimate of drug-likeness (QED) is 0.589. The Labute approximate surface area is 50.6 Å². The third-order valence-corrected chi connectivity index (χ3v) is 0.992. The molecule has 0 amide bonds. The van der Waals surface area contributed by atoms with Crippen molar-refractivity contribution in [2.75, 3.05) is 13.3 Å². The van der Waals surface area contributed by atoms with Crippen LogP contribution in [0.1, 0.15) is 0 Å². The first-order valence-electron chi connectivity index (χ1n) is 1.88. The molecule has 0 aliphatic rings. The fraction of sp³-hybridized carbons (Fsp3) is 1.00. The number of alkyl halides is 1. The molecule has 0 aromatic rings. The lowest BCUT2D eigenvalue weighted by molar-refractivity contribution is -0.0188. The molecule has 7 heteroatoms. The molecular weight excluding hydrogens is 158 g/mol. The fourth-order valence-electron chi connectivity index (χ4n) is 0.152. The van der Waals surface area contributed by atoms with Crippen molar-refractivity contribution >= 4 is 10.4 Å². The highest BCUT2D eigenvalue weighted by Crippen LogP contribution is 1.94.